The molecule has 0 aliphatic carbocycles. The van der Waals surface area contributed by atoms with Crippen molar-refractivity contribution in [3.8, 4) is 0 Å². The van der Waals surface area contributed by atoms with Gasteiger partial charge in [-0.25, -0.2) is 9.67 Å². The summed E-state index contributed by atoms with van der Waals surface area (Å²) in [4.78, 5) is 17.6. The Kier molecular flexibility index (Phi) is 5.73. The normalized spacial score (nSPS) is 21.3. The summed E-state index contributed by atoms with van der Waals surface area (Å²) in [6.07, 6.45) is 5.21. The molecule has 2 unspecified atom stereocenters. The van der Waals surface area contributed by atoms with Crippen LogP contribution < -0.4 is 0 Å². The lowest BCUT2D eigenvalue weighted by Gasteiger charge is -2.35. The van der Waals surface area contributed by atoms with Crippen LogP contribution in [0.15, 0.2) is 6.33 Å². The first-order chi connectivity index (χ1) is 10.1. The number of hydrogen-bond donors (Lipinski definition) is 1. The predicted octanol–water partition coefficient (Wildman–Crippen LogP) is 2.01. The van der Waals surface area contributed by atoms with E-state index in [-0.39, 0.29) is 12.3 Å². The smallest absolute Gasteiger partial charge is 0.303 e. The van der Waals surface area contributed by atoms with Crippen LogP contribution in [0.1, 0.15) is 45.4 Å². The van der Waals surface area contributed by atoms with Crippen molar-refractivity contribution >= 4 is 5.97 Å². The summed E-state index contributed by atoms with van der Waals surface area (Å²) < 4.78 is 1.98. The van der Waals surface area contributed by atoms with E-state index in [1.807, 2.05) is 4.68 Å². The van der Waals surface area contributed by atoms with Crippen LogP contribution in [-0.4, -0.2) is 43.8 Å². The van der Waals surface area contributed by atoms with Crippen molar-refractivity contribution in [2.45, 2.75) is 52.6 Å². The molecule has 1 saturated heterocycles. The van der Waals surface area contributed by atoms with Gasteiger partial charge in [-0.1, -0.05) is 13.8 Å². The quantitative estimate of drug-likeness (QED) is 0.833. The summed E-state index contributed by atoms with van der Waals surface area (Å²) in [7, 11) is 0. The van der Waals surface area contributed by atoms with Gasteiger partial charge in [-0.2, -0.15) is 5.10 Å². The zero-order chi connectivity index (χ0) is 15.2. The number of aliphatic carboxylic acids is 1. The lowest BCUT2D eigenvalue weighted by molar-refractivity contribution is -0.138. The standard InChI is InChI=1S/C15H26N4O2/c1-3-6-19-14(16-11-17-19)10-18-7-4-5-13(9-18)12(2)8-15(20)21/h11-13H,3-10H2,1-2H3,(H,20,21). The van der Waals surface area contributed by atoms with E-state index >= 15 is 0 Å². The van der Waals surface area contributed by atoms with E-state index in [1.54, 1.807) is 6.33 Å². The number of carboxylic acids is 1. The SMILES string of the molecule is CCCn1ncnc1CN1CCCC(C(C)CC(=O)O)C1. The monoisotopic (exact) mass is 294 g/mol. The fourth-order valence-electron chi connectivity index (χ4n) is 3.15. The largest absolute Gasteiger partial charge is 0.481 e. The number of aryl methyl sites for hydroxylation is 1. The van der Waals surface area contributed by atoms with E-state index < -0.39 is 5.97 Å². The Labute approximate surface area is 126 Å². The molecule has 0 spiro atoms. The number of nitrogens with zero attached hydrogens (tertiary/aromatic N) is 4. The van der Waals surface area contributed by atoms with E-state index in [0.29, 0.717) is 5.92 Å². The molecular formula is C15H26N4O2. The van der Waals surface area contributed by atoms with Crippen molar-refractivity contribution in [2.24, 2.45) is 11.8 Å². The second-order valence-corrected chi connectivity index (χ2v) is 6.11. The van der Waals surface area contributed by atoms with Crippen LogP contribution in [-0.2, 0) is 17.9 Å². The second kappa shape index (κ2) is 7.54. The Hall–Kier alpha value is -1.43. The molecule has 1 N–H and O–H groups in total. The van der Waals surface area contributed by atoms with Gasteiger partial charge in [-0.3, -0.25) is 9.69 Å². The maximum atomic E-state index is 10.9. The number of piperidine rings is 1. The first kappa shape index (κ1) is 15.9. The van der Waals surface area contributed by atoms with Gasteiger partial charge in [0.2, 0.25) is 0 Å². The van der Waals surface area contributed by atoms with Crippen LogP contribution in [0.4, 0.5) is 0 Å². The molecule has 0 saturated carbocycles. The van der Waals surface area contributed by atoms with Gasteiger partial charge in [-0.05, 0) is 37.6 Å². The van der Waals surface area contributed by atoms with Gasteiger partial charge in [0, 0.05) is 19.5 Å². The second-order valence-electron chi connectivity index (χ2n) is 6.11. The minimum absolute atomic E-state index is 0.235. The predicted molar refractivity (Wildman–Crippen MR) is 79.7 cm³/mol. The number of carbonyl (C=O) groups is 1. The molecule has 0 aromatic carbocycles. The fourth-order valence-corrected chi connectivity index (χ4v) is 3.15. The van der Waals surface area contributed by atoms with Crippen LogP contribution in [0.25, 0.3) is 0 Å². The number of hydrogen-bond acceptors (Lipinski definition) is 4. The average molecular weight is 294 g/mol. The van der Waals surface area contributed by atoms with Crippen LogP contribution >= 0.6 is 0 Å². The highest BCUT2D eigenvalue weighted by atomic mass is 16.4. The number of likely N-dealkylation sites (tertiary alicyclic amines) is 1. The summed E-state index contributed by atoms with van der Waals surface area (Å²) in [6.45, 7) is 7.94. The molecule has 2 atom stereocenters. The molecule has 6 nitrogen and oxygen atoms in total. The molecule has 0 bridgehead atoms. The van der Waals surface area contributed by atoms with E-state index in [4.69, 9.17) is 5.11 Å². The summed E-state index contributed by atoms with van der Waals surface area (Å²) in [6, 6.07) is 0. The highest BCUT2D eigenvalue weighted by Crippen LogP contribution is 2.26. The van der Waals surface area contributed by atoms with Crippen molar-refractivity contribution in [1.82, 2.24) is 19.7 Å². The molecule has 1 aromatic heterocycles. The Morgan fingerprint density at radius 2 is 2.38 bits per heavy atom. The van der Waals surface area contributed by atoms with Crippen molar-refractivity contribution in [2.75, 3.05) is 13.1 Å². The third-order valence-electron chi connectivity index (χ3n) is 4.34. The molecule has 0 radical (unpaired) electrons. The fraction of sp³-hybridized carbons (Fsp3) is 0.800. The molecule has 1 aliphatic rings. The van der Waals surface area contributed by atoms with Gasteiger partial charge in [0.1, 0.15) is 12.2 Å². The Morgan fingerprint density at radius 3 is 3.10 bits per heavy atom. The first-order valence-electron chi connectivity index (χ1n) is 7.91. The van der Waals surface area contributed by atoms with Crippen molar-refractivity contribution < 1.29 is 9.90 Å². The number of aromatic nitrogens is 3. The lowest BCUT2D eigenvalue weighted by Crippen LogP contribution is -2.38. The van der Waals surface area contributed by atoms with Gasteiger partial charge in [0.05, 0.1) is 6.54 Å². The van der Waals surface area contributed by atoms with Crippen LogP contribution in [0.5, 0.6) is 0 Å². The first-order valence-corrected chi connectivity index (χ1v) is 7.91. The molecule has 1 fully saturated rings. The Balaban J connectivity index is 1.91. The van der Waals surface area contributed by atoms with Crippen LogP contribution in [0.2, 0.25) is 0 Å². The van der Waals surface area contributed by atoms with Gasteiger partial charge >= 0.3 is 5.97 Å². The Bertz CT molecular complexity index is 460. The third-order valence-corrected chi connectivity index (χ3v) is 4.34. The van der Waals surface area contributed by atoms with Gasteiger partial charge < -0.3 is 5.11 Å². The molecule has 2 heterocycles. The van der Waals surface area contributed by atoms with Crippen molar-refractivity contribution in [1.29, 1.82) is 0 Å². The minimum atomic E-state index is -0.692. The summed E-state index contributed by atoms with van der Waals surface area (Å²) in [5.41, 5.74) is 0. The topological polar surface area (TPSA) is 71.2 Å². The maximum absolute atomic E-state index is 10.9. The molecule has 6 heteroatoms. The zero-order valence-electron chi connectivity index (χ0n) is 13.0. The van der Waals surface area contributed by atoms with E-state index in [2.05, 4.69) is 28.8 Å². The summed E-state index contributed by atoms with van der Waals surface area (Å²) in [5, 5.41) is 13.2. The summed E-state index contributed by atoms with van der Waals surface area (Å²) >= 11 is 0. The van der Waals surface area contributed by atoms with Crippen LogP contribution in [0.3, 0.4) is 0 Å². The maximum Gasteiger partial charge on any atom is 0.303 e. The van der Waals surface area contributed by atoms with Gasteiger partial charge in [0.15, 0.2) is 0 Å². The average Bonchev–Trinajstić information content (AvgIpc) is 2.86. The lowest BCUT2D eigenvalue weighted by atomic mass is 9.84. The zero-order valence-corrected chi connectivity index (χ0v) is 13.0. The van der Waals surface area contributed by atoms with Gasteiger partial charge in [-0.15, -0.1) is 0 Å². The van der Waals surface area contributed by atoms with E-state index in [9.17, 15) is 4.79 Å². The molecule has 21 heavy (non-hydrogen) atoms. The van der Waals surface area contributed by atoms with Gasteiger partial charge in [0.25, 0.3) is 0 Å². The Morgan fingerprint density at radius 1 is 1.57 bits per heavy atom. The van der Waals surface area contributed by atoms with E-state index in [0.717, 1.165) is 51.3 Å². The third kappa shape index (κ3) is 4.52. The van der Waals surface area contributed by atoms with Crippen LogP contribution in [0, 0.1) is 11.8 Å². The highest BCUT2D eigenvalue weighted by molar-refractivity contribution is 5.67. The molecule has 1 aromatic rings. The molecule has 2 rings (SSSR count). The summed E-state index contributed by atoms with van der Waals surface area (Å²) in [5.74, 6) is 1.03. The highest BCUT2D eigenvalue weighted by Gasteiger charge is 2.26. The molecular weight excluding hydrogens is 268 g/mol. The minimum Gasteiger partial charge on any atom is -0.481 e. The van der Waals surface area contributed by atoms with Crippen molar-refractivity contribution in [3.63, 3.8) is 0 Å². The number of carboxylic acid groups (broad SMARTS) is 1. The molecule has 1 aliphatic heterocycles. The number of rotatable bonds is 7. The van der Waals surface area contributed by atoms with E-state index in [1.165, 1.54) is 0 Å². The molecule has 118 valence electrons. The van der Waals surface area contributed by atoms with Crippen molar-refractivity contribution in [3.05, 3.63) is 12.2 Å². The molecule has 0 amide bonds.